The third-order valence-corrected chi connectivity index (χ3v) is 1.73. The number of aromatic nitrogens is 1. The molecule has 0 amide bonds. The van der Waals surface area contributed by atoms with Crippen molar-refractivity contribution in [2.45, 2.75) is 0 Å². The molecular weight excluding hydrogens is 234 g/mol. The van der Waals surface area contributed by atoms with Crippen LogP contribution in [0.15, 0.2) is 30.6 Å². The van der Waals surface area contributed by atoms with E-state index in [0.717, 1.165) is 10.8 Å². The third-order valence-electron chi connectivity index (χ3n) is 1.73. The first-order valence-corrected chi connectivity index (χ1v) is 3.53. The van der Waals surface area contributed by atoms with Crippen molar-refractivity contribution in [3.8, 4) is 11.5 Å². The van der Waals surface area contributed by atoms with Gasteiger partial charge < -0.3 is 10.2 Å². The van der Waals surface area contributed by atoms with Crippen molar-refractivity contribution in [3.63, 3.8) is 0 Å². The number of nitrogens with zero attached hydrogens (tertiary/aromatic N) is 1. The number of aromatic hydroxyl groups is 2. The molecule has 0 saturated heterocycles. The lowest BCUT2D eigenvalue weighted by Crippen LogP contribution is -1.75. The molecule has 2 N–H and O–H groups in total. The highest BCUT2D eigenvalue weighted by atomic mass is 79.9. The Bertz CT molecular complexity index is 390. The van der Waals surface area contributed by atoms with Crippen LogP contribution in [-0.2, 0) is 0 Å². The molecule has 3 nitrogen and oxygen atoms in total. The van der Waals surface area contributed by atoms with Crippen molar-refractivity contribution in [3.05, 3.63) is 30.6 Å². The molecule has 0 aliphatic carbocycles. The van der Waals surface area contributed by atoms with Crippen molar-refractivity contribution in [2.75, 3.05) is 0 Å². The van der Waals surface area contributed by atoms with Gasteiger partial charge in [-0.25, -0.2) is 0 Å². The van der Waals surface area contributed by atoms with Crippen LogP contribution < -0.4 is 0 Å². The topological polar surface area (TPSA) is 53.4 Å². The molecule has 0 aliphatic rings. The summed E-state index contributed by atoms with van der Waals surface area (Å²) >= 11 is 0. The first kappa shape index (κ1) is 9.80. The van der Waals surface area contributed by atoms with Gasteiger partial charge in [0.15, 0.2) is 11.5 Å². The minimum absolute atomic E-state index is 0. The van der Waals surface area contributed by atoms with Gasteiger partial charge in [-0.05, 0) is 23.6 Å². The van der Waals surface area contributed by atoms with E-state index >= 15 is 0 Å². The fourth-order valence-electron chi connectivity index (χ4n) is 1.11. The third kappa shape index (κ3) is 1.72. The van der Waals surface area contributed by atoms with Gasteiger partial charge in [0.1, 0.15) is 0 Å². The summed E-state index contributed by atoms with van der Waals surface area (Å²) in [6.45, 7) is 0. The zero-order valence-corrected chi connectivity index (χ0v) is 8.35. The molecule has 0 aliphatic heterocycles. The van der Waals surface area contributed by atoms with Crippen LogP contribution in [0.25, 0.3) is 10.8 Å². The van der Waals surface area contributed by atoms with E-state index in [2.05, 4.69) is 4.98 Å². The number of fused-ring (bicyclic) bond motifs is 1. The molecular formula is C9H8BrNO2. The molecule has 68 valence electrons. The van der Waals surface area contributed by atoms with E-state index in [-0.39, 0.29) is 28.5 Å². The lowest BCUT2D eigenvalue weighted by molar-refractivity contribution is 0.405. The molecule has 0 saturated carbocycles. The summed E-state index contributed by atoms with van der Waals surface area (Å²) in [6, 6.07) is 4.76. The van der Waals surface area contributed by atoms with E-state index in [1.807, 2.05) is 0 Å². The van der Waals surface area contributed by atoms with Gasteiger partial charge in [-0.3, -0.25) is 4.98 Å². The summed E-state index contributed by atoms with van der Waals surface area (Å²) in [4.78, 5) is 3.89. The van der Waals surface area contributed by atoms with E-state index in [4.69, 9.17) is 10.2 Å². The van der Waals surface area contributed by atoms with Gasteiger partial charge in [0.25, 0.3) is 0 Å². The highest BCUT2D eigenvalue weighted by Gasteiger charge is 2.00. The van der Waals surface area contributed by atoms with Crippen molar-refractivity contribution in [1.82, 2.24) is 4.98 Å². The number of halogens is 1. The van der Waals surface area contributed by atoms with E-state index in [1.165, 1.54) is 12.1 Å². The lowest BCUT2D eigenvalue weighted by atomic mass is 10.1. The number of phenolic OH excluding ortho intramolecular Hbond substituents is 2. The molecule has 4 heteroatoms. The smallest absolute Gasteiger partial charge is 0.158 e. The minimum atomic E-state index is -0.115. The van der Waals surface area contributed by atoms with Gasteiger partial charge in [0.2, 0.25) is 0 Å². The quantitative estimate of drug-likeness (QED) is 0.696. The molecule has 0 spiro atoms. The minimum Gasteiger partial charge on any atom is -0.504 e. The predicted molar refractivity (Wildman–Crippen MR) is 55.4 cm³/mol. The van der Waals surface area contributed by atoms with Gasteiger partial charge in [0, 0.05) is 17.8 Å². The molecule has 1 aromatic heterocycles. The second-order valence-electron chi connectivity index (χ2n) is 2.56. The molecule has 1 heterocycles. The van der Waals surface area contributed by atoms with Gasteiger partial charge in [-0.15, -0.1) is 17.0 Å². The highest BCUT2D eigenvalue weighted by Crippen LogP contribution is 2.29. The van der Waals surface area contributed by atoms with Gasteiger partial charge in [-0.2, -0.15) is 0 Å². The number of phenols is 2. The predicted octanol–water partition coefficient (Wildman–Crippen LogP) is 2.22. The van der Waals surface area contributed by atoms with Crippen LogP contribution in [0.2, 0.25) is 0 Å². The van der Waals surface area contributed by atoms with E-state index in [9.17, 15) is 0 Å². The fraction of sp³-hybridized carbons (Fsp3) is 0. The van der Waals surface area contributed by atoms with E-state index in [0.29, 0.717) is 0 Å². The van der Waals surface area contributed by atoms with Crippen LogP contribution >= 0.6 is 17.0 Å². The van der Waals surface area contributed by atoms with E-state index in [1.54, 1.807) is 18.5 Å². The van der Waals surface area contributed by atoms with Crippen LogP contribution in [0.1, 0.15) is 0 Å². The fourth-order valence-corrected chi connectivity index (χ4v) is 1.11. The normalized spacial score (nSPS) is 9.54. The van der Waals surface area contributed by atoms with Crippen molar-refractivity contribution < 1.29 is 10.2 Å². The maximum absolute atomic E-state index is 9.15. The molecule has 13 heavy (non-hydrogen) atoms. The molecule has 0 fully saturated rings. The maximum atomic E-state index is 9.15. The summed E-state index contributed by atoms with van der Waals surface area (Å²) in [5.74, 6) is -0.218. The SMILES string of the molecule is Br.Oc1cc2ccncc2cc1O. The molecule has 0 radical (unpaired) electrons. The van der Waals surface area contributed by atoms with Crippen LogP contribution in [-0.4, -0.2) is 15.2 Å². The summed E-state index contributed by atoms with van der Waals surface area (Å²) in [5.41, 5.74) is 0. The summed E-state index contributed by atoms with van der Waals surface area (Å²) in [6.07, 6.45) is 3.27. The number of benzene rings is 1. The molecule has 2 rings (SSSR count). The molecule has 2 aromatic rings. The zero-order valence-electron chi connectivity index (χ0n) is 6.64. The van der Waals surface area contributed by atoms with Crippen LogP contribution in [0, 0.1) is 0 Å². The van der Waals surface area contributed by atoms with Crippen molar-refractivity contribution in [2.24, 2.45) is 0 Å². The summed E-state index contributed by atoms with van der Waals surface area (Å²) < 4.78 is 0. The Morgan fingerprint density at radius 2 is 1.62 bits per heavy atom. The van der Waals surface area contributed by atoms with Crippen LogP contribution in [0.4, 0.5) is 0 Å². The lowest BCUT2D eigenvalue weighted by Gasteiger charge is -1.99. The molecule has 0 bridgehead atoms. The summed E-state index contributed by atoms with van der Waals surface area (Å²) in [7, 11) is 0. The van der Waals surface area contributed by atoms with Crippen LogP contribution in [0.3, 0.4) is 0 Å². The Kier molecular flexibility index (Phi) is 2.72. The molecule has 0 unspecified atom stereocenters. The second-order valence-corrected chi connectivity index (χ2v) is 2.56. The monoisotopic (exact) mass is 241 g/mol. The summed E-state index contributed by atoms with van der Waals surface area (Å²) in [5, 5.41) is 20.0. The van der Waals surface area contributed by atoms with Crippen molar-refractivity contribution >= 4 is 27.8 Å². The van der Waals surface area contributed by atoms with Crippen molar-refractivity contribution in [1.29, 1.82) is 0 Å². The zero-order chi connectivity index (χ0) is 8.55. The Labute approximate surface area is 85.4 Å². The maximum Gasteiger partial charge on any atom is 0.158 e. The van der Waals surface area contributed by atoms with E-state index < -0.39 is 0 Å². The largest absolute Gasteiger partial charge is 0.504 e. The second kappa shape index (κ2) is 3.62. The number of pyridine rings is 1. The standard InChI is InChI=1S/C9H7NO2.BrH/c11-8-3-6-1-2-10-5-7(6)4-9(8)12;/h1-5,11-12H;1H. The van der Waals surface area contributed by atoms with Gasteiger partial charge >= 0.3 is 0 Å². The molecule has 1 aromatic carbocycles. The highest BCUT2D eigenvalue weighted by molar-refractivity contribution is 8.93. The number of hydrogen-bond donors (Lipinski definition) is 2. The average Bonchev–Trinajstić information content (AvgIpc) is 2.07. The Morgan fingerprint density at radius 3 is 2.31 bits per heavy atom. The van der Waals surface area contributed by atoms with Crippen LogP contribution in [0.5, 0.6) is 11.5 Å². The molecule has 0 atom stereocenters. The van der Waals surface area contributed by atoms with Gasteiger partial charge in [0.05, 0.1) is 0 Å². The first-order chi connectivity index (χ1) is 5.77. The Morgan fingerprint density at radius 1 is 1.00 bits per heavy atom. The Balaban J connectivity index is 0.000000845. The Hall–Kier alpha value is -1.29. The number of rotatable bonds is 0. The average molecular weight is 242 g/mol. The first-order valence-electron chi connectivity index (χ1n) is 3.53. The van der Waals surface area contributed by atoms with Gasteiger partial charge in [-0.1, -0.05) is 0 Å². The number of hydrogen-bond acceptors (Lipinski definition) is 3.